The topological polar surface area (TPSA) is 74.6 Å². The monoisotopic (exact) mass is 376 g/mol. The van der Waals surface area contributed by atoms with Gasteiger partial charge in [-0.25, -0.2) is 0 Å². The van der Waals surface area contributed by atoms with Crippen LogP contribution < -0.4 is 0 Å². The first kappa shape index (κ1) is 19.4. The van der Waals surface area contributed by atoms with Crippen LogP contribution in [0.1, 0.15) is 78.6 Å². The van der Waals surface area contributed by atoms with Crippen molar-refractivity contribution < 1.29 is 19.8 Å². The molecule has 0 amide bonds. The van der Waals surface area contributed by atoms with Crippen LogP contribution in [0.15, 0.2) is 0 Å². The summed E-state index contributed by atoms with van der Waals surface area (Å²) in [6, 6.07) is 0. The van der Waals surface area contributed by atoms with Gasteiger partial charge >= 0.3 is 5.97 Å². The van der Waals surface area contributed by atoms with Crippen LogP contribution in [0.2, 0.25) is 0 Å². The van der Waals surface area contributed by atoms with Crippen LogP contribution in [0.5, 0.6) is 0 Å². The molecule has 0 radical (unpaired) electrons. The van der Waals surface area contributed by atoms with E-state index < -0.39 is 5.97 Å². The minimum absolute atomic E-state index is 0.0682. The SMILES string of the molecule is CC(CC1CC(=O)CC2CC[C@@H]3[C@H](CC[C@]4(C)[C@@H](O)CC[C@@H]34)[C@]21C)C(=O)O. The Morgan fingerprint density at radius 2 is 1.85 bits per heavy atom. The molecule has 3 unspecified atom stereocenters. The van der Waals surface area contributed by atoms with E-state index in [1.54, 1.807) is 6.92 Å². The Morgan fingerprint density at radius 1 is 1.11 bits per heavy atom. The third kappa shape index (κ3) is 2.81. The zero-order chi connectivity index (χ0) is 19.6. The average molecular weight is 377 g/mol. The second-order valence-electron chi connectivity index (χ2n) is 10.8. The number of hydrogen-bond donors (Lipinski definition) is 2. The Hall–Kier alpha value is -0.900. The summed E-state index contributed by atoms with van der Waals surface area (Å²) in [5.41, 5.74) is 0.147. The van der Waals surface area contributed by atoms with Gasteiger partial charge in [0.2, 0.25) is 0 Å². The molecule has 152 valence electrons. The van der Waals surface area contributed by atoms with Gasteiger partial charge in [0.15, 0.2) is 0 Å². The number of Topliss-reactive ketones (excluding diaryl/α,β-unsaturated/α-hetero) is 1. The second-order valence-corrected chi connectivity index (χ2v) is 10.8. The number of carboxylic acid groups (broad SMARTS) is 1. The Bertz CT molecular complexity index is 630. The lowest BCUT2D eigenvalue weighted by atomic mass is 9.42. The Balaban J connectivity index is 1.65. The first-order valence-corrected chi connectivity index (χ1v) is 11.1. The average Bonchev–Trinajstić information content (AvgIpc) is 2.91. The molecule has 9 atom stereocenters. The molecule has 0 saturated heterocycles. The van der Waals surface area contributed by atoms with Crippen LogP contribution in [0.4, 0.5) is 0 Å². The van der Waals surface area contributed by atoms with Crippen molar-refractivity contribution >= 4 is 11.8 Å². The fourth-order valence-corrected chi connectivity index (χ4v) is 8.12. The van der Waals surface area contributed by atoms with Crippen molar-refractivity contribution in [2.24, 2.45) is 46.3 Å². The third-order valence-electron chi connectivity index (χ3n) is 9.80. The van der Waals surface area contributed by atoms with Gasteiger partial charge in [-0.2, -0.15) is 0 Å². The van der Waals surface area contributed by atoms with Crippen LogP contribution >= 0.6 is 0 Å². The summed E-state index contributed by atoms with van der Waals surface area (Å²) in [4.78, 5) is 24.0. The Morgan fingerprint density at radius 3 is 2.56 bits per heavy atom. The zero-order valence-corrected chi connectivity index (χ0v) is 17.1. The van der Waals surface area contributed by atoms with Crippen LogP contribution in [-0.2, 0) is 9.59 Å². The van der Waals surface area contributed by atoms with Crippen LogP contribution in [-0.4, -0.2) is 28.1 Å². The molecule has 4 saturated carbocycles. The minimum atomic E-state index is -0.740. The highest BCUT2D eigenvalue weighted by Crippen LogP contribution is 2.67. The standard InChI is InChI=1S/C23H36O4/c1-13(21(26)27)10-15-12-16(24)11-14-4-5-17-18-6-7-20(25)22(18,2)9-8-19(17)23(14,15)3/h13-15,17-20,25H,4-12H2,1-3H3,(H,26,27)/t13?,14?,15?,17-,18-,19-,20-,22-,23+/m0/s1. The molecule has 0 aromatic heterocycles. The van der Waals surface area contributed by atoms with Gasteiger partial charge in [0.1, 0.15) is 5.78 Å². The number of carbonyl (C=O) groups is 2. The molecule has 27 heavy (non-hydrogen) atoms. The van der Waals surface area contributed by atoms with Crippen molar-refractivity contribution in [3.05, 3.63) is 0 Å². The minimum Gasteiger partial charge on any atom is -0.481 e. The van der Waals surface area contributed by atoms with E-state index >= 15 is 0 Å². The molecule has 4 rings (SSSR count). The highest BCUT2D eigenvalue weighted by Gasteiger charge is 2.62. The largest absolute Gasteiger partial charge is 0.481 e. The first-order valence-electron chi connectivity index (χ1n) is 11.1. The lowest BCUT2D eigenvalue weighted by molar-refractivity contribution is -0.162. The molecule has 4 aliphatic rings. The van der Waals surface area contributed by atoms with Gasteiger partial charge in [0.25, 0.3) is 0 Å². The molecule has 0 heterocycles. The zero-order valence-electron chi connectivity index (χ0n) is 17.1. The predicted molar refractivity (Wildman–Crippen MR) is 103 cm³/mol. The van der Waals surface area contributed by atoms with Gasteiger partial charge in [-0.15, -0.1) is 0 Å². The van der Waals surface area contributed by atoms with Crippen molar-refractivity contribution in [3.8, 4) is 0 Å². The van der Waals surface area contributed by atoms with Crippen LogP contribution in [0, 0.1) is 46.3 Å². The van der Waals surface area contributed by atoms with E-state index in [2.05, 4.69) is 13.8 Å². The molecule has 4 fully saturated rings. The van der Waals surface area contributed by atoms with Crippen molar-refractivity contribution in [2.45, 2.75) is 84.7 Å². The summed E-state index contributed by atoms with van der Waals surface area (Å²) >= 11 is 0. The molecular weight excluding hydrogens is 340 g/mol. The molecule has 4 heteroatoms. The van der Waals surface area contributed by atoms with Gasteiger partial charge in [-0.3, -0.25) is 9.59 Å². The van der Waals surface area contributed by atoms with E-state index in [1.165, 1.54) is 6.42 Å². The number of ketones is 1. The maximum Gasteiger partial charge on any atom is 0.306 e. The van der Waals surface area contributed by atoms with Gasteiger partial charge in [0.05, 0.1) is 12.0 Å². The van der Waals surface area contributed by atoms with Crippen LogP contribution in [0.3, 0.4) is 0 Å². The summed E-state index contributed by atoms with van der Waals surface area (Å²) in [5, 5.41) is 20.1. The first-order chi connectivity index (χ1) is 12.7. The van der Waals surface area contributed by atoms with Crippen molar-refractivity contribution in [3.63, 3.8) is 0 Å². The molecule has 0 aromatic carbocycles. The molecular formula is C23H36O4. The number of carboxylic acids is 1. The van der Waals surface area contributed by atoms with Crippen molar-refractivity contribution in [1.82, 2.24) is 0 Å². The number of aliphatic carboxylic acids is 1. The number of hydrogen-bond acceptors (Lipinski definition) is 3. The maximum absolute atomic E-state index is 12.5. The van der Waals surface area contributed by atoms with Gasteiger partial charge in [0, 0.05) is 12.8 Å². The Kier molecular flexibility index (Phi) is 4.73. The quantitative estimate of drug-likeness (QED) is 0.770. The molecule has 0 spiro atoms. The number of rotatable bonds is 3. The fraction of sp³-hybridized carbons (Fsp3) is 0.913. The summed E-state index contributed by atoms with van der Waals surface area (Å²) < 4.78 is 0. The normalized spacial score (nSPS) is 50.4. The molecule has 4 nitrogen and oxygen atoms in total. The predicted octanol–water partition coefficient (Wildman–Crippen LogP) is 4.30. The van der Waals surface area contributed by atoms with Crippen LogP contribution in [0.25, 0.3) is 0 Å². The van der Waals surface area contributed by atoms with E-state index in [4.69, 9.17) is 0 Å². The van der Waals surface area contributed by atoms with Crippen molar-refractivity contribution in [2.75, 3.05) is 0 Å². The number of aliphatic hydroxyl groups excluding tert-OH is 1. The molecule has 4 aliphatic carbocycles. The molecule has 2 N–H and O–H groups in total. The lowest BCUT2D eigenvalue weighted by Gasteiger charge is -2.62. The highest BCUT2D eigenvalue weighted by atomic mass is 16.4. The second kappa shape index (κ2) is 6.57. The molecule has 0 aliphatic heterocycles. The van der Waals surface area contributed by atoms with Gasteiger partial charge in [-0.1, -0.05) is 20.8 Å². The number of carbonyl (C=O) groups excluding carboxylic acids is 1. The molecule has 0 bridgehead atoms. The van der Waals surface area contributed by atoms with E-state index in [0.29, 0.717) is 48.7 Å². The summed E-state index contributed by atoms with van der Waals surface area (Å²) in [7, 11) is 0. The number of aliphatic hydroxyl groups is 1. The lowest BCUT2D eigenvalue weighted by Crippen LogP contribution is -2.57. The van der Waals surface area contributed by atoms with Crippen molar-refractivity contribution in [1.29, 1.82) is 0 Å². The fourth-order valence-electron chi connectivity index (χ4n) is 8.12. The maximum atomic E-state index is 12.5. The van der Waals surface area contributed by atoms with E-state index in [9.17, 15) is 19.8 Å². The highest BCUT2D eigenvalue weighted by molar-refractivity contribution is 5.80. The smallest absolute Gasteiger partial charge is 0.306 e. The molecule has 0 aromatic rings. The summed E-state index contributed by atoms with van der Waals surface area (Å²) in [6.45, 7) is 6.49. The van der Waals surface area contributed by atoms with Gasteiger partial charge in [-0.05, 0) is 85.4 Å². The van der Waals surface area contributed by atoms with E-state index in [0.717, 1.165) is 32.1 Å². The summed E-state index contributed by atoms with van der Waals surface area (Å²) in [6.07, 6.45) is 8.30. The van der Waals surface area contributed by atoms with E-state index in [-0.39, 0.29) is 28.8 Å². The van der Waals surface area contributed by atoms with E-state index in [1.807, 2.05) is 0 Å². The van der Waals surface area contributed by atoms with Gasteiger partial charge < -0.3 is 10.2 Å². The number of fused-ring (bicyclic) bond motifs is 5. The summed E-state index contributed by atoms with van der Waals surface area (Å²) in [5.74, 6) is 1.64. The third-order valence-corrected chi connectivity index (χ3v) is 9.80. The Labute approximate surface area is 163 Å².